The average molecular weight is 366 g/mol. The molecule has 2 aromatic rings. The van der Waals surface area contributed by atoms with Crippen LogP contribution in [0.4, 0.5) is 0 Å². The summed E-state index contributed by atoms with van der Waals surface area (Å²) >= 11 is 0. The van der Waals surface area contributed by atoms with Crippen molar-refractivity contribution in [2.75, 3.05) is 33.8 Å². The lowest BCUT2D eigenvalue weighted by atomic mass is 10.0. The number of methoxy groups -OCH3 is 1. The van der Waals surface area contributed by atoms with Crippen molar-refractivity contribution in [3.8, 4) is 5.75 Å². The van der Waals surface area contributed by atoms with Crippen molar-refractivity contribution >= 4 is 5.91 Å². The zero-order valence-corrected chi connectivity index (χ0v) is 16.0. The SMILES string of the molecule is COc1ccc(CC(=O)N2CCc3nc(C4CCN(C)C4)ncc3C2)cc1. The van der Waals surface area contributed by atoms with Gasteiger partial charge < -0.3 is 14.5 Å². The van der Waals surface area contributed by atoms with Gasteiger partial charge in [0.25, 0.3) is 0 Å². The average Bonchev–Trinajstić information content (AvgIpc) is 3.14. The Morgan fingerprint density at radius 2 is 2.07 bits per heavy atom. The van der Waals surface area contributed by atoms with Gasteiger partial charge in [0.1, 0.15) is 11.6 Å². The summed E-state index contributed by atoms with van der Waals surface area (Å²) < 4.78 is 5.17. The van der Waals surface area contributed by atoms with Crippen LogP contribution in [0.25, 0.3) is 0 Å². The van der Waals surface area contributed by atoms with Gasteiger partial charge in [0.2, 0.25) is 5.91 Å². The minimum atomic E-state index is 0.146. The van der Waals surface area contributed by atoms with Crippen LogP contribution in [-0.4, -0.2) is 59.5 Å². The molecule has 1 saturated heterocycles. The maximum absolute atomic E-state index is 12.7. The molecule has 6 heteroatoms. The van der Waals surface area contributed by atoms with Gasteiger partial charge in [-0.1, -0.05) is 12.1 Å². The van der Waals surface area contributed by atoms with E-state index in [0.29, 0.717) is 18.9 Å². The van der Waals surface area contributed by atoms with Gasteiger partial charge >= 0.3 is 0 Å². The number of aromatic nitrogens is 2. The molecule has 1 aromatic heterocycles. The Bertz CT molecular complexity index is 821. The van der Waals surface area contributed by atoms with Crippen LogP contribution >= 0.6 is 0 Å². The molecule has 6 nitrogen and oxygen atoms in total. The summed E-state index contributed by atoms with van der Waals surface area (Å²) in [6.45, 7) is 3.47. The number of amides is 1. The van der Waals surface area contributed by atoms with E-state index in [0.717, 1.165) is 60.9 Å². The summed E-state index contributed by atoms with van der Waals surface area (Å²) in [6, 6.07) is 7.68. The molecule has 142 valence electrons. The molecule has 2 aliphatic heterocycles. The van der Waals surface area contributed by atoms with Crippen molar-refractivity contribution in [3.05, 3.63) is 53.1 Å². The lowest BCUT2D eigenvalue weighted by Gasteiger charge is -2.28. The summed E-state index contributed by atoms with van der Waals surface area (Å²) in [5, 5.41) is 0. The van der Waals surface area contributed by atoms with E-state index >= 15 is 0 Å². The van der Waals surface area contributed by atoms with Crippen LogP contribution in [-0.2, 0) is 24.2 Å². The summed E-state index contributed by atoms with van der Waals surface area (Å²) in [7, 11) is 3.79. The molecule has 1 atom stereocenters. The van der Waals surface area contributed by atoms with E-state index in [9.17, 15) is 4.79 Å². The highest BCUT2D eigenvalue weighted by Gasteiger charge is 2.26. The van der Waals surface area contributed by atoms with Gasteiger partial charge in [0.15, 0.2) is 0 Å². The smallest absolute Gasteiger partial charge is 0.227 e. The number of fused-ring (bicyclic) bond motifs is 1. The Morgan fingerprint density at radius 3 is 2.78 bits per heavy atom. The highest BCUT2D eigenvalue weighted by atomic mass is 16.5. The molecule has 0 bridgehead atoms. The van der Waals surface area contributed by atoms with Crippen molar-refractivity contribution in [2.24, 2.45) is 0 Å². The quantitative estimate of drug-likeness (QED) is 0.829. The number of nitrogens with zero attached hydrogens (tertiary/aromatic N) is 4. The van der Waals surface area contributed by atoms with Crippen LogP contribution < -0.4 is 4.74 Å². The number of hydrogen-bond acceptors (Lipinski definition) is 5. The predicted octanol–water partition coefficient (Wildman–Crippen LogP) is 2.03. The normalized spacial score (nSPS) is 19.8. The van der Waals surface area contributed by atoms with Crippen molar-refractivity contribution in [3.63, 3.8) is 0 Å². The lowest BCUT2D eigenvalue weighted by molar-refractivity contribution is -0.131. The number of hydrogen-bond donors (Lipinski definition) is 0. The second-order valence-corrected chi connectivity index (χ2v) is 7.54. The lowest BCUT2D eigenvalue weighted by Crippen LogP contribution is -2.37. The maximum Gasteiger partial charge on any atom is 0.227 e. The van der Waals surface area contributed by atoms with Gasteiger partial charge in [0, 0.05) is 43.7 Å². The molecule has 4 rings (SSSR count). The predicted molar refractivity (Wildman–Crippen MR) is 103 cm³/mol. The van der Waals surface area contributed by atoms with E-state index in [4.69, 9.17) is 9.72 Å². The molecule has 0 saturated carbocycles. The third-order valence-corrected chi connectivity index (χ3v) is 5.58. The molecule has 27 heavy (non-hydrogen) atoms. The zero-order chi connectivity index (χ0) is 18.8. The monoisotopic (exact) mass is 366 g/mol. The van der Waals surface area contributed by atoms with Crippen LogP contribution in [0.15, 0.2) is 30.5 Å². The van der Waals surface area contributed by atoms with E-state index in [2.05, 4.69) is 16.9 Å². The Balaban J connectivity index is 1.41. The standard InChI is InChI=1S/C21H26N4O2/c1-24-9-7-16(13-24)21-22-12-17-14-25(10-8-19(17)23-21)20(26)11-15-3-5-18(27-2)6-4-15/h3-6,12,16H,7-11,13-14H2,1-2H3. The fourth-order valence-electron chi connectivity index (χ4n) is 3.92. The van der Waals surface area contributed by atoms with Crippen molar-refractivity contribution in [1.29, 1.82) is 0 Å². The van der Waals surface area contributed by atoms with Crippen LogP contribution in [0.1, 0.15) is 35.0 Å². The molecule has 3 heterocycles. The topological polar surface area (TPSA) is 58.6 Å². The number of carbonyl (C=O) groups excluding carboxylic acids is 1. The number of likely N-dealkylation sites (N-methyl/N-ethyl adjacent to an activating group) is 1. The third kappa shape index (κ3) is 3.95. The van der Waals surface area contributed by atoms with Gasteiger partial charge in [-0.2, -0.15) is 0 Å². The number of benzene rings is 1. The molecule has 1 unspecified atom stereocenters. The molecule has 1 aromatic carbocycles. The first-order chi connectivity index (χ1) is 13.1. The van der Waals surface area contributed by atoms with Gasteiger partial charge in [-0.15, -0.1) is 0 Å². The van der Waals surface area contributed by atoms with Crippen LogP contribution in [0.5, 0.6) is 5.75 Å². The summed E-state index contributed by atoms with van der Waals surface area (Å²) in [5.74, 6) is 2.36. The first kappa shape index (κ1) is 17.9. The fraction of sp³-hybridized carbons (Fsp3) is 0.476. The van der Waals surface area contributed by atoms with E-state index in [1.54, 1.807) is 7.11 Å². The van der Waals surface area contributed by atoms with Gasteiger partial charge in [-0.25, -0.2) is 9.97 Å². The first-order valence-electron chi connectivity index (χ1n) is 9.56. The summed E-state index contributed by atoms with van der Waals surface area (Å²) in [5.41, 5.74) is 3.20. The molecule has 1 amide bonds. The fourth-order valence-corrected chi connectivity index (χ4v) is 3.92. The van der Waals surface area contributed by atoms with Crippen molar-refractivity contribution in [1.82, 2.24) is 19.8 Å². The largest absolute Gasteiger partial charge is 0.497 e. The number of carbonyl (C=O) groups is 1. The molecule has 2 aliphatic rings. The van der Waals surface area contributed by atoms with Crippen LogP contribution in [0.3, 0.4) is 0 Å². The molecule has 0 aliphatic carbocycles. The molecule has 1 fully saturated rings. The zero-order valence-electron chi connectivity index (χ0n) is 16.0. The number of likely N-dealkylation sites (tertiary alicyclic amines) is 1. The maximum atomic E-state index is 12.7. The first-order valence-corrected chi connectivity index (χ1v) is 9.56. The Kier molecular flexibility index (Phi) is 5.07. The van der Waals surface area contributed by atoms with Crippen molar-refractivity contribution < 1.29 is 9.53 Å². The highest BCUT2D eigenvalue weighted by Crippen LogP contribution is 2.25. The summed E-state index contributed by atoms with van der Waals surface area (Å²) in [6.07, 6.45) is 4.28. The minimum absolute atomic E-state index is 0.146. The molecular weight excluding hydrogens is 340 g/mol. The second-order valence-electron chi connectivity index (χ2n) is 7.54. The molecule has 0 N–H and O–H groups in total. The molecule has 0 radical (unpaired) electrons. The minimum Gasteiger partial charge on any atom is -0.497 e. The Morgan fingerprint density at radius 1 is 1.26 bits per heavy atom. The van der Waals surface area contributed by atoms with E-state index in [1.807, 2.05) is 35.4 Å². The van der Waals surface area contributed by atoms with Gasteiger partial charge in [-0.3, -0.25) is 4.79 Å². The third-order valence-electron chi connectivity index (χ3n) is 5.58. The second kappa shape index (κ2) is 7.64. The highest BCUT2D eigenvalue weighted by molar-refractivity contribution is 5.79. The van der Waals surface area contributed by atoms with Gasteiger partial charge in [0.05, 0.1) is 19.2 Å². The van der Waals surface area contributed by atoms with Crippen LogP contribution in [0.2, 0.25) is 0 Å². The van der Waals surface area contributed by atoms with E-state index < -0.39 is 0 Å². The Hall–Kier alpha value is -2.47. The molecular formula is C21H26N4O2. The Labute approximate surface area is 160 Å². The van der Waals surface area contributed by atoms with Crippen LogP contribution in [0, 0.1) is 0 Å². The van der Waals surface area contributed by atoms with Gasteiger partial charge in [-0.05, 0) is 37.7 Å². The summed E-state index contributed by atoms with van der Waals surface area (Å²) in [4.78, 5) is 26.4. The van der Waals surface area contributed by atoms with Crippen molar-refractivity contribution in [2.45, 2.75) is 31.7 Å². The molecule has 0 spiro atoms. The number of rotatable bonds is 4. The van der Waals surface area contributed by atoms with E-state index in [-0.39, 0.29) is 5.91 Å². The van der Waals surface area contributed by atoms with E-state index in [1.165, 1.54) is 0 Å². The number of ether oxygens (including phenoxy) is 1.